The first kappa shape index (κ1) is 24.1. The van der Waals surface area contributed by atoms with Crippen LogP contribution < -0.4 is 4.74 Å². The molecule has 3 rings (SSSR count). The second-order valence-electron chi connectivity index (χ2n) is 7.73. The lowest BCUT2D eigenvalue weighted by atomic mass is 9.93. The molecule has 0 fully saturated rings. The number of ether oxygens (including phenoxy) is 1. The van der Waals surface area contributed by atoms with Gasteiger partial charge < -0.3 is 20.1 Å². The Morgan fingerprint density at radius 3 is 2.30 bits per heavy atom. The summed E-state index contributed by atoms with van der Waals surface area (Å²) in [6.07, 6.45) is 3.83. The molecule has 0 saturated carbocycles. The summed E-state index contributed by atoms with van der Waals surface area (Å²) >= 11 is 0. The lowest BCUT2D eigenvalue weighted by Crippen LogP contribution is -2.16. The molecule has 4 nitrogen and oxygen atoms in total. The molecule has 0 aromatic heterocycles. The van der Waals surface area contributed by atoms with Crippen LogP contribution in [0.15, 0.2) is 109 Å². The summed E-state index contributed by atoms with van der Waals surface area (Å²) in [5.41, 5.74) is 4.17. The highest BCUT2D eigenvalue weighted by Gasteiger charge is 2.16. The summed E-state index contributed by atoms with van der Waals surface area (Å²) in [7, 11) is 0. The van der Waals surface area contributed by atoms with Crippen molar-refractivity contribution in [3.05, 3.63) is 120 Å². The number of aromatic hydroxyl groups is 1. The maximum Gasteiger partial charge on any atom is 0.119 e. The zero-order valence-corrected chi connectivity index (χ0v) is 18.6. The summed E-state index contributed by atoms with van der Waals surface area (Å²) in [4.78, 5) is 0. The van der Waals surface area contributed by atoms with Gasteiger partial charge in [0.15, 0.2) is 0 Å². The quantitative estimate of drug-likeness (QED) is 0.266. The largest absolute Gasteiger partial charge is 0.508 e. The highest BCUT2D eigenvalue weighted by molar-refractivity contribution is 5.81. The van der Waals surface area contributed by atoms with Gasteiger partial charge >= 0.3 is 0 Å². The first-order valence-corrected chi connectivity index (χ1v) is 11.0. The molecule has 0 aliphatic rings. The van der Waals surface area contributed by atoms with Crippen LogP contribution in [0.2, 0.25) is 0 Å². The van der Waals surface area contributed by atoms with Gasteiger partial charge in [-0.3, -0.25) is 0 Å². The van der Waals surface area contributed by atoms with E-state index in [9.17, 15) is 15.3 Å². The average Bonchev–Trinajstić information content (AvgIpc) is 2.84. The molecular weight excluding hydrogens is 412 g/mol. The molecule has 3 N–H and O–H groups in total. The Kier molecular flexibility index (Phi) is 9.07. The molecule has 1 atom stereocenters. The molecule has 170 valence electrons. The van der Waals surface area contributed by atoms with Crippen LogP contribution in [-0.4, -0.2) is 34.6 Å². The number of allylic oxidation sites excluding steroid dienone is 1. The Morgan fingerprint density at radius 2 is 1.64 bits per heavy atom. The van der Waals surface area contributed by atoms with E-state index in [1.807, 2.05) is 72.8 Å². The van der Waals surface area contributed by atoms with Crippen LogP contribution in [-0.2, 0) is 0 Å². The van der Waals surface area contributed by atoms with Crippen molar-refractivity contribution in [2.24, 2.45) is 0 Å². The van der Waals surface area contributed by atoms with Crippen molar-refractivity contribution in [1.29, 1.82) is 0 Å². The number of aliphatic hydroxyl groups excluding tert-OH is 2. The van der Waals surface area contributed by atoms with E-state index in [4.69, 9.17) is 4.74 Å². The number of phenolic OH excluding ortho intramolecular Hbond substituents is 1. The molecule has 0 saturated heterocycles. The summed E-state index contributed by atoms with van der Waals surface area (Å²) < 4.78 is 5.76. The molecule has 0 bridgehead atoms. The van der Waals surface area contributed by atoms with Crippen molar-refractivity contribution >= 4 is 11.6 Å². The summed E-state index contributed by atoms with van der Waals surface area (Å²) in [5.74, 6) is 0.927. The minimum absolute atomic E-state index is 0.193. The van der Waals surface area contributed by atoms with Crippen LogP contribution in [0.3, 0.4) is 0 Å². The number of rotatable bonds is 11. The van der Waals surface area contributed by atoms with E-state index in [-0.39, 0.29) is 19.0 Å². The maximum absolute atomic E-state index is 11.0. The van der Waals surface area contributed by atoms with Gasteiger partial charge in [0.2, 0.25) is 0 Å². The fourth-order valence-electron chi connectivity index (χ4n) is 3.60. The number of benzene rings is 3. The monoisotopic (exact) mass is 442 g/mol. The molecule has 0 radical (unpaired) electrons. The molecule has 0 amide bonds. The fourth-order valence-corrected chi connectivity index (χ4v) is 3.60. The van der Waals surface area contributed by atoms with Gasteiger partial charge in [0.1, 0.15) is 18.1 Å². The Bertz CT molecular complexity index is 1080. The van der Waals surface area contributed by atoms with E-state index >= 15 is 0 Å². The van der Waals surface area contributed by atoms with E-state index in [2.05, 4.69) is 6.58 Å². The third-order valence-corrected chi connectivity index (χ3v) is 5.28. The van der Waals surface area contributed by atoms with Crippen molar-refractivity contribution in [3.8, 4) is 11.5 Å². The van der Waals surface area contributed by atoms with Crippen LogP contribution in [0.1, 0.15) is 24.0 Å². The molecule has 0 aliphatic carbocycles. The molecule has 0 heterocycles. The number of para-hydroxylation sites is 1. The second-order valence-corrected chi connectivity index (χ2v) is 7.73. The smallest absolute Gasteiger partial charge is 0.119 e. The zero-order chi connectivity index (χ0) is 23.5. The normalized spacial score (nSPS) is 12.9. The van der Waals surface area contributed by atoms with Gasteiger partial charge in [-0.25, -0.2) is 0 Å². The summed E-state index contributed by atoms with van der Waals surface area (Å²) in [6.45, 7) is 4.09. The Morgan fingerprint density at radius 1 is 0.939 bits per heavy atom. The van der Waals surface area contributed by atoms with Crippen molar-refractivity contribution < 1.29 is 20.1 Å². The third-order valence-electron chi connectivity index (χ3n) is 5.28. The topological polar surface area (TPSA) is 69.9 Å². The van der Waals surface area contributed by atoms with Crippen molar-refractivity contribution in [2.45, 2.75) is 18.9 Å². The zero-order valence-electron chi connectivity index (χ0n) is 18.6. The first-order chi connectivity index (χ1) is 16.1. The predicted molar refractivity (Wildman–Crippen MR) is 134 cm³/mol. The van der Waals surface area contributed by atoms with E-state index in [0.29, 0.717) is 24.0 Å². The second kappa shape index (κ2) is 12.4. The average molecular weight is 443 g/mol. The maximum atomic E-state index is 11.0. The predicted octanol–water partition coefficient (Wildman–Crippen LogP) is 5.63. The standard InChI is InChI=1S/C29H30O4/c1-22(21-33-27-13-6-3-7-14-27)28(17-18-30)29(32)16-15-25(24-10-4-2-5-11-24)19-23-9-8-12-26(31)20-23/h2-14,17,19-20,29-32H,1,15-16,18,21H2/b25-19-,28-17-. The molecular formula is C29H30O4. The highest BCUT2D eigenvalue weighted by Crippen LogP contribution is 2.27. The van der Waals surface area contributed by atoms with Gasteiger partial charge in [0, 0.05) is 0 Å². The van der Waals surface area contributed by atoms with E-state index < -0.39 is 6.10 Å². The number of phenols is 1. The van der Waals surface area contributed by atoms with E-state index in [1.165, 1.54) is 0 Å². The van der Waals surface area contributed by atoms with E-state index in [1.54, 1.807) is 24.3 Å². The lowest BCUT2D eigenvalue weighted by molar-refractivity contribution is 0.200. The van der Waals surface area contributed by atoms with Gasteiger partial charge in [0.05, 0.1) is 12.7 Å². The van der Waals surface area contributed by atoms with Gasteiger partial charge in [-0.15, -0.1) is 0 Å². The van der Waals surface area contributed by atoms with Crippen LogP contribution in [0.5, 0.6) is 11.5 Å². The van der Waals surface area contributed by atoms with Crippen LogP contribution in [0.25, 0.3) is 11.6 Å². The minimum atomic E-state index is -0.805. The van der Waals surface area contributed by atoms with Gasteiger partial charge in [0.25, 0.3) is 0 Å². The fraction of sp³-hybridized carbons (Fsp3) is 0.172. The molecule has 1 unspecified atom stereocenters. The molecule has 33 heavy (non-hydrogen) atoms. The van der Waals surface area contributed by atoms with Crippen LogP contribution >= 0.6 is 0 Å². The third kappa shape index (κ3) is 7.49. The molecule has 3 aromatic carbocycles. The van der Waals surface area contributed by atoms with Crippen LogP contribution in [0, 0.1) is 0 Å². The number of hydrogen-bond acceptors (Lipinski definition) is 4. The minimum Gasteiger partial charge on any atom is -0.508 e. The number of aliphatic hydroxyl groups is 2. The van der Waals surface area contributed by atoms with Gasteiger partial charge in [-0.2, -0.15) is 0 Å². The molecule has 0 aliphatic heterocycles. The first-order valence-electron chi connectivity index (χ1n) is 11.0. The Labute approximate surface area is 195 Å². The van der Waals surface area contributed by atoms with Crippen LogP contribution in [0.4, 0.5) is 0 Å². The molecule has 3 aromatic rings. The number of hydrogen-bond donors (Lipinski definition) is 3. The lowest BCUT2D eigenvalue weighted by Gasteiger charge is -2.19. The van der Waals surface area contributed by atoms with Crippen molar-refractivity contribution in [1.82, 2.24) is 0 Å². The highest BCUT2D eigenvalue weighted by atomic mass is 16.5. The van der Waals surface area contributed by atoms with Gasteiger partial charge in [-0.05, 0) is 65.0 Å². The Balaban J connectivity index is 1.72. The van der Waals surface area contributed by atoms with Crippen molar-refractivity contribution in [2.75, 3.05) is 13.2 Å². The molecule has 0 spiro atoms. The molecule has 4 heteroatoms. The van der Waals surface area contributed by atoms with E-state index in [0.717, 1.165) is 22.4 Å². The van der Waals surface area contributed by atoms with Crippen molar-refractivity contribution in [3.63, 3.8) is 0 Å². The Hall–Kier alpha value is -3.60. The SMILES string of the molecule is C=C(COc1ccccc1)/C(=C/CO)C(O)CC/C(=C/c1cccc(O)c1)c1ccccc1. The van der Waals surface area contributed by atoms with Gasteiger partial charge in [-0.1, -0.05) is 79.4 Å². The summed E-state index contributed by atoms with van der Waals surface area (Å²) in [5, 5.41) is 30.3. The summed E-state index contributed by atoms with van der Waals surface area (Å²) in [6, 6.07) is 26.5.